The summed E-state index contributed by atoms with van der Waals surface area (Å²) in [6, 6.07) is 8.53. The minimum Gasteiger partial charge on any atom is -0.378 e. The Kier molecular flexibility index (Phi) is 5.72. The smallest absolute Gasteiger partial charge is 0.378 e. The highest BCUT2D eigenvalue weighted by atomic mass is 19.4. The lowest BCUT2D eigenvalue weighted by Crippen LogP contribution is -2.50. The van der Waals surface area contributed by atoms with E-state index in [-0.39, 0.29) is 18.0 Å². The fourth-order valence-electron chi connectivity index (χ4n) is 3.47. The number of β-amino-alcohol motifs (C(OH)–C–C–N with tert-alkyl or cyclic N) is 1. The number of fused-ring (bicyclic) bond motifs is 1. The highest BCUT2D eigenvalue weighted by molar-refractivity contribution is 5.97. The summed E-state index contributed by atoms with van der Waals surface area (Å²) in [5.74, 6) is -1.27. The number of aryl methyl sites for hydroxylation is 1. The zero-order valence-electron chi connectivity index (χ0n) is 16.1. The SMILES string of the molecule is C[C@](O)(CN1CCCc2cc(F)ccc21)C(=O)Nc1ccc(C#N)c(C(F)(F)F)c1. The molecule has 0 bridgehead atoms. The van der Waals surface area contributed by atoms with Gasteiger partial charge in [-0.3, -0.25) is 4.79 Å². The molecule has 0 fully saturated rings. The molecule has 1 aliphatic rings. The number of carbonyl (C=O) groups excluding carboxylic acids is 1. The van der Waals surface area contributed by atoms with Crippen LogP contribution in [0.5, 0.6) is 0 Å². The summed E-state index contributed by atoms with van der Waals surface area (Å²) in [4.78, 5) is 14.3. The van der Waals surface area contributed by atoms with E-state index in [1.54, 1.807) is 11.0 Å². The fourth-order valence-corrected chi connectivity index (χ4v) is 3.47. The Morgan fingerprint density at radius 2 is 2.00 bits per heavy atom. The highest BCUT2D eigenvalue weighted by Crippen LogP contribution is 2.34. The zero-order chi connectivity index (χ0) is 22.1. The van der Waals surface area contributed by atoms with Gasteiger partial charge in [-0.2, -0.15) is 18.4 Å². The van der Waals surface area contributed by atoms with Crippen molar-refractivity contribution in [3.63, 3.8) is 0 Å². The predicted octanol–water partition coefficient (Wildman–Crippen LogP) is 3.86. The van der Waals surface area contributed by atoms with Gasteiger partial charge in [0.05, 0.1) is 23.7 Å². The lowest BCUT2D eigenvalue weighted by Gasteiger charge is -2.36. The van der Waals surface area contributed by atoms with Gasteiger partial charge in [-0.05, 0) is 61.7 Å². The van der Waals surface area contributed by atoms with E-state index in [4.69, 9.17) is 5.26 Å². The standard InChI is InChI=1S/C21H19F4N3O2/c1-20(30,12-28-8-2-3-13-9-15(22)5-7-18(13)28)19(29)27-16-6-4-14(11-26)17(10-16)21(23,24)25/h4-7,9-10,30H,2-3,8,12H2,1H3,(H,27,29)/t20-/m0/s1. The Balaban J connectivity index is 1.79. The molecule has 1 atom stereocenters. The first kappa shape index (κ1) is 21.6. The maximum Gasteiger partial charge on any atom is 0.417 e. The Bertz CT molecular complexity index is 1010. The third kappa shape index (κ3) is 4.54. The summed E-state index contributed by atoms with van der Waals surface area (Å²) in [5.41, 5.74) is -2.39. The molecule has 0 saturated heterocycles. The maximum atomic E-state index is 13.5. The van der Waals surface area contributed by atoms with Gasteiger partial charge in [-0.15, -0.1) is 0 Å². The molecule has 0 unspecified atom stereocenters. The summed E-state index contributed by atoms with van der Waals surface area (Å²) >= 11 is 0. The van der Waals surface area contributed by atoms with Gasteiger partial charge in [0.1, 0.15) is 5.82 Å². The first-order valence-electron chi connectivity index (χ1n) is 9.20. The third-order valence-electron chi connectivity index (χ3n) is 4.95. The number of benzene rings is 2. The number of hydrogen-bond acceptors (Lipinski definition) is 4. The Labute approximate surface area is 170 Å². The minimum absolute atomic E-state index is 0.125. The molecule has 2 aromatic carbocycles. The summed E-state index contributed by atoms with van der Waals surface area (Å²) in [7, 11) is 0. The fraction of sp³-hybridized carbons (Fsp3) is 0.333. The highest BCUT2D eigenvalue weighted by Gasteiger charge is 2.36. The first-order valence-corrected chi connectivity index (χ1v) is 9.20. The van der Waals surface area contributed by atoms with Crippen molar-refractivity contribution in [2.75, 3.05) is 23.3 Å². The number of anilines is 2. The van der Waals surface area contributed by atoms with E-state index in [1.165, 1.54) is 31.2 Å². The second-order valence-electron chi connectivity index (χ2n) is 7.40. The van der Waals surface area contributed by atoms with Crippen molar-refractivity contribution in [2.45, 2.75) is 31.5 Å². The number of carbonyl (C=O) groups is 1. The van der Waals surface area contributed by atoms with Crippen molar-refractivity contribution in [2.24, 2.45) is 0 Å². The van der Waals surface area contributed by atoms with Crippen molar-refractivity contribution in [3.05, 3.63) is 58.9 Å². The van der Waals surface area contributed by atoms with Crippen molar-refractivity contribution >= 4 is 17.3 Å². The number of nitriles is 1. The number of nitrogens with zero attached hydrogens (tertiary/aromatic N) is 2. The largest absolute Gasteiger partial charge is 0.417 e. The van der Waals surface area contributed by atoms with E-state index in [2.05, 4.69) is 5.32 Å². The molecule has 2 aromatic rings. The molecule has 0 spiro atoms. The maximum absolute atomic E-state index is 13.5. The number of aliphatic hydroxyl groups is 1. The number of halogens is 4. The summed E-state index contributed by atoms with van der Waals surface area (Å²) in [5, 5.41) is 21.8. The van der Waals surface area contributed by atoms with Crippen LogP contribution in [-0.2, 0) is 17.4 Å². The lowest BCUT2D eigenvalue weighted by molar-refractivity contribution is -0.138. The number of amides is 1. The summed E-state index contributed by atoms with van der Waals surface area (Å²) in [6.07, 6.45) is -3.39. The molecule has 5 nitrogen and oxygen atoms in total. The van der Waals surface area contributed by atoms with Crippen LogP contribution in [0.15, 0.2) is 36.4 Å². The van der Waals surface area contributed by atoms with Gasteiger partial charge in [0.25, 0.3) is 5.91 Å². The van der Waals surface area contributed by atoms with E-state index < -0.39 is 28.8 Å². The van der Waals surface area contributed by atoms with Crippen LogP contribution in [0, 0.1) is 17.1 Å². The molecule has 3 rings (SSSR count). The van der Waals surface area contributed by atoms with Gasteiger partial charge < -0.3 is 15.3 Å². The van der Waals surface area contributed by atoms with Gasteiger partial charge >= 0.3 is 6.18 Å². The molecule has 1 aliphatic heterocycles. The zero-order valence-corrected chi connectivity index (χ0v) is 16.1. The third-order valence-corrected chi connectivity index (χ3v) is 4.95. The van der Waals surface area contributed by atoms with Gasteiger partial charge in [-0.1, -0.05) is 0 Å². The topological polar surface area (TPSA) is 76.4 Å². The van der Waals surface area contributed by atoms with E-state index in [9.17, 15) is 27.5 Å². The van der Waals surface area contributed by atoms with E-state index in [0.29, 0.717) is 31.1 Å². The summed E-state index contributed by atoms with van der Waals surface area (Å²) in [6.45, 7) is 1.67. The van der Waals surface area contributed by atoms with Crippen molar-refractivity contribution in [1.82, 2.24) is 0 Å². The van der Waals surface area contributed by atoms with Crippen LogP contribution in [0.2, 0.25) is 0 Å². The molecule has 0 saturated carbocycles. The number of alkyl halides is 3. The van der Waals surface area contributed by atoms with Crippen LogP contribution in [-0.4, -0.2) is 29.7 Å². The second-order valence-corrected chi connectivity index (χ2v) is 7.40. The molecule has 0 radical (unpaired) electrons. The molecule has 1 heterocycles. The predicted molar refractivity (Wildman–Crippen MR) is 102 cm³/mol. The van der Waals surface area contributed by atoms with Crippen LogP contribution >= 0.6 is 0 Å². The van der Waals surface area contributed by atoms with E-state index in [0.717, 1.165) is 11.6 Å². The monoisotopic (exact) mass is 421 g/mol. The Morgan fingerprint density at radius 1 is 1.27 bits per heavy atom. The molecular weight excluding hydrogens is 402 g/mol. The number of hydrogen-bond donors (Lipinski definition) is 2. The van der Waals surface area contributed by atoms with Crippen LogP contribution < -0.4 is 10.2 Å². The normalized spacial score (nSPS) is 15.7. The number of rotatable bonds is 4. The lowest BCUT2D eigenvalue weighted by atomic mass is 9.98. The van der Waals surface area contributed by atoms with E-state index >= 15 is 0 Å². The van der Waals surface area contributed by atoms with Crippen molar-refractivity contribution in [3.8, 4) is 6.07 Å². The molecule has 0 aromatic heterocycles. The summed E-state index contributed by atoms with van der Waals surface area (Å²) < 4.78 is 52.8. The average molecular weight is 421 g/mol. The van der Waals surface area contributed by atoms with Crippen molar-refractivity contribution in [1.29, 1.82) is 5.26 Å². The minimum atomic E-state index is -4.76. The molecule has 2 N–H and O–H groups in total. The molecular formula is C21H19F4N3O2. The Morgan fingerprint density at radius 3 is 2.67 bits per heavy atom. The molecule has 9 heteroatoms. The second kappa shape index (κ2) is 7.95. The average Bonchev–Trinajstić information content (AvgIpc) is 2.67. The quantitative estimate of drug-likeness (QED) is 0.736. The van der Waals surface area contributed by atoms with Crippen LogP contribution in [0.1, 0.15) is 30.0 Å². The van der Waals surface area contributed by atoms with Crippen molar-refractivity contribution < 1.29 is 27.5 Å². The molecule has 30 heavy (non-hydrogen) atoms. The molecule has 1 amide bonds. The van der Waals surface area contributed by atoms with Crippen LogP contribution in [0.3, 0.4) is 0 Å². The Hall–Kier alpha value is -3.12. The molecule has 0 aliphatic carbocycles. The van der Waals surface area contributed by atoms with Gasteiger partial charge in [0.2, 0.25) is 0 Å². The van der Waals surface area contributed by atoms with Gasteiger partial charge in [0, 0.05) is 17.9 Å². The van der Waals surface area contributed by atoms with Gasteiger partial charge in [-0.25, -0.2) is 4.39 Å². The first-order chi connectivity index (χ1) is 14.0. The van der Waals surface area contributed by atoms with Crippen LogP contribution in [0.25, 0.3) is 0 Å². The van der Waals surface area contributed by atoms with Crippen LogP contribution in [0.4, 0.5) is 28.9 Å². The van der Waals surface area contributed by atoms with Gasteiger partial charge in [0.15, 0.2) is 5.60 Å². The molecule has 158 valence electrons. The van der Waals surface area contributed by atoms with E-state index in [1.807, 2.05) is 0 Å². The number of nitrogens with one attached hydrogen (secondary N) is 1.